The summed E-state index contributed by atoms with van der Waals surface area (Å²) in [6, 6.07) is 0. The minimum Gasteiger partial charge on any atom is -0.396 e. The first-order valence-electron chi connectivity index (χ1n) is 6.94. The number of aliphatic hydroxyl groups excluding tert-OH is 1. The highest BCUT2D eigenvalue weighted by Crippen LogP contribution is 2.40. The van der Waals surface area contributed by atoms with Crippen molar-refractivity contribution in [2.24, 2.45) is 5.41 Å². The molecule has 90 valence electrons. The monoisotopic (exact) mass is 212 g/mol. The second kappa shape index (κ2) is 7.27. The number of rotatable bonds is 7. The van der Waals surface area contributed by atoms with Gasteiger partial charge in [-0.1, -0.05) is 58.3 Å². The van der Waals surface area contributed by atoms with Gasteiger partial charge in [0.25, 0.3) is 0 Å². The molecule has 0 aromatic heterocycles. The van der Waals surface area contributed by atoms with Crippen LogP contribution in [-0.4, -0.2) is 11.7 Å². The molecule has 1 saturated carbocycles. The molecule has 1 N–H and O–H groups in total. The largest absolute Gasteiger partial charge is 0.396 e. The van der Waals surface area contributed by atoms with E-state index in [9.17, 15) is 5.11 Å². The lowest BCUT2D eigenvalue weighted by molar-refractivity contribution is 0.0706. The van der Waals surface area contributed by atoms with Crippen molar-refractivity contribution < 1.29 is 5.11 Å². The molecule has 1 nitrogen and oxygen atoms in total. The predicted molar refractivity (Wildman–Crippen MR) is 66.0 cm³/mol. The molecule has 15 heavy (non-hydrogen) atoms. The van der Waals surface area contributed by atoms with Crippen molar-refractivity contribution in [2.45, 2.75) is 77.6 Å². The number of hydrogen-bond donors (Lipinski definition) is 1. The fourth-order valence-electron chi connectivity index (χ4n) is 2.89. The molecule has 1 aliphatic carbocycles. The zero-order valence-corrected chi connectivity index (χ0v) is 10.4. The number of unbranched alkanes of at least 4 members (excludes halogenated alkanes) is 4. The van der Waals surface area contributed by atoms with E-state index in [0.29, 0.717) is 12.0 Å². The third kappa shape index (κ3) is 4.55. The van der Waals surface area contributed by atoms with Gasteiger partial charge in [-0.15, -0.1) is 0 Å². The van der Waals surface area contributed by atoms with Crippen LogP contribution in [0.3, 0.4) is 0 Å². The van der Waals surface area contributed by atoms with Crippen LogP contribution in [0.4, 0.5) is 0 Å². The van der Waals surface area contributed by atoms with E-state index in [1.54, 1.807) is 0 Å². The molecule has 0 unspecified atom stereocenters. The Bertz CT molecular complexity index is 147. The predicted octanol–water partition coefficient (Wildman–Crippen LogP) is 4.29. The summed E-state index contributed by atoms with van der Waals surface area (Å²) < 4.78 is 0. The van der Waals surface area contributed by atoms with E-state index in [4.69, 9.17) is 0 Å². The summed E-state index contributed by atoms with van der Waals surface area (Å²) in [6.07, 6.45) is 14.7. The molecule has 0 saturated heterocycles. The molecule has 1 aliphatic rings. The van der Waals surface area contributed by atoms with Crippen LogP contribution < -0.4 is 0 Å². The summed E-state index contributed by atoms with van der Waals surface area (Å²) in [4.78, 5) is 0. The first-order chi connectivity index (χ1) is 7.33. The molecule has 1 fully saturated rings. The third-order valence-electron chi connectivity index (χ3n) is 4.06. The fourth-order valence-corrected chi connectivity index (χ4v) is 2.89. The second-order valence-corrected chi connectivity index (χ2v) is 5.38. The van der Waals surface area contributed by atoms with Gasteiger partial charge in [-0.3, -0.25) is 0 Å². The van der Waals surface area contributed by atoms with Gasteiger partial charge in [0.05, 0.1) is 0 Å². The average molecular weight is 212 g/mol. The lowest BCUT2D eigenvalue weighted by Gasteiger charge is -2.35. The first kappa shape index (κ1) is 13.0. The molecule has 0 spiro atoms. The van der Waals surface area contributed by atoms with Gasteiger partial charge >= 0.3 is 0 Å². The number of aliphatic hydroxyl groups is 1. The molecule has 0 amide bonds. The molecule has 0 aromatic carbocycles. The third-order valence-corrected chi connectivity index (χ3v) is 4.06. The molecule has 0 heterocycles. The Hall–Kier alpha value is -0.0400. The first-order valence-corrected chi connectivity index (χ1v) is 6.94. The molecule has 1 rings (SSSR count). The van der Waals surface area contributed by atoms with Gasteiger partial charge in [0.15, 0.2) is 0 Å². The Balaban J connectivity index is 2.15. The minimum absolute atomic E-state index is 0.324. The van der Waals surface area contributed by atoms with Crippen molar-refractivity contribution in [3.8, 4) is 0 Å². The van der Waals surface area contributed by atoms with Crippen LogP contribution >= 0.6 is 0 Å². The van der Waals surface area contributed by atoms with Crippen molar-refractivity contribution >= 4 is 0 Å². The highest BCUT2D eigenvalue weighted by atomic mass is 16.3. The smallest absolute Gasteiger partial charge is 0.0487 e. The van der Waals surface area contributed by atoms with Gasteiger partial charge in [0.1, 0.15) is 0 Å². The molecule has 0 atom stereocenters. The Morgan fingerprint density at radius 2 is 1.60 bits per heavy atom. The van der Waals surface area contributed by atoms with Gasteiger partial charge in [-0.05, 0) is 24.7 Å². The van der Waals surface area contributed by atoms with Crippen LogP contribution in [0.25, 0.3) is 0 Å². The van der Waals surface area contributed by atoms with E-state index in [-0.39, 0.29) is 0 Å². The fraction of sp³-hybridized carbons (Fsp3) is 1.00. The van der Waals surface area contributed by atoms with Gasteiger partial charge in [0, 0.05) is 6.61 Å². The summed E-state index contributed by atoms with van der Waals surface area (Å²) in [5.41, 5.74) is 0.324. The van der Waals surface area contributed by atoms with Crippen LogP contribution in [0.15, 0.2) is 0 Å². The summed E-state index contributed by atoms with van der Waals surface area (Å²) >= 11 is 0. The van der Waals surface area contributed by atoms with Crippen LogP contribution in [-0.2, 0) is 0 Å². The van der Waals surface area contributed by atoms with Gasteiger partial charge in [-0.2, -0.15) is 0 Å². The minimum atomic E-state index is 0.324. The van der Waals surface area contributed by atoms with E-state index in [1.165, 1.54) is 70.6 Å². The molecule has 0 radical (unpaired) electrons. The summed E-state index contributed by atoms with van der Waals surface area (Å²) in [6.45, 7) is 2.69. The Morgan fingerprint density at radius 3 is 2.20 bits per heavy atom. The maximum Gasteiger partial charge on any atom is 0.0487 e. The molecular formula is C14H28O. The quantitative estimate of drug-likeness (QED) is 0.624. The van der Waals surface area contributed by atoms with Gasteiger partial charge < -0.3 is 5.11 Å². The summed E-state index contributed by atoms with van der Waals surface area (Å²) in [5.74, 6) is 0. The van der Waals surface area contributed by atoms with Crippen LogP contribution in [0, 0.1) is 5.41 Å². The Kier molecular flexibility index (Phi) is 6.31. The van der Waals surface area contributed by atoms with Crippen LogP contribution in [0.2, 0.25) is 0 Å². The standard InChI is InChI=1S/C14H28O/c1-2-3-4-5-7-10-14(13-15)11-8-6-9-12-14/h15H,2-13H2,1H3. The van der Waals surface area contributed by atoms with E-state index in [0.717, 1.165) is 0 Å². The van der Waals surface area contributed by atoms with Crippen molar-refractivity contribution in [3.63, 3.8) is 0 Å². The normalized spacial score (nSPS) is 20.4. The molecular weight excluding hydrogens is 184 g/mol. The Labute approximate surface area is 95.3 Å². The zero-order chi connectivity index (χ0) is 11.0. The molecule has 0 aliphatic heterocycles. The molecule has 0 aromatic rings. The average Bonchev–Trinajstić information content (AvgIpc) is 2.30. The lowest BCUT2D eigenvalue weighted by atomic mass is 9.71. The lowest BCUT2D eigenvalue weighted by Crippen LogP contribution is -2.28. The number of hydrogen-bond acceptors (Lipinski definition) is 1. The second-order valence-electron chi connectivity index (χ2n) is 5.38. The topological polar surface area (TPSA) is 20.2 Å². The highest BCUT2D eigenvalue weighted by Gasteiger charge is 2.30. The van der Waals surface area contributed by atoms with Crippen LogP contribution in [0.1, 0.15) is 77.6 Å². The summed E-state index contributed by atoms with van der Waals surface area (Å²) in [7, 11) is 0. The van der Waals surface area contributed by atoms with E-state index in [1.807, 2.05) is 0 Å². The van der Waals surface area contributed by atoms with Crippen molar-refractivity contribution in [3.05, 3.63) is 0 Å². The highest BCUT2D eigenvalue weighted by molar-refractivity contribution is 4.81. The zero-order valence-electron chi connectivity index (χ0n) is 10.4. The van der Waals surface area contributed by atoms with E-state index in [2.05, 4.69) is 6.92 Å². The maximum absolute atomic E-state index is 9.54. The van der Waals surface area contributed by atoms with Crippen molar-refractivity contribution in [1.29, 1.82) is 0 Å². The van der Waals surface area contributed by atoms with Crippen LogP contribution in [0.5, 0.6) is 0 Å². The van der Waals surface area contributed by atoms with Gasteiger partial charge in [-0.25, -0.2) is 0 Å². The summed E-state index contributed by atoms with van der Waals surface area (Å²) in [5, 5.41) is 9.54. The van der Waals surface area contributed by atoms with Gasteiger partial charge in [0.2, 0.25) is 0 Å². The van der Waals surface area contributed by atoms with E-state index < -0.39 is 0 Å². The molecule has 0 bridgehead atoms. The van der Waals surface area contributed by atoms with E-state index >= 15 is 0 Å². The maximum atomic E-state index is 9.54. The van der Waals surface area contributed by atoms with Crippen molar-refractivity contribution in [1.82, 2.24) is 0 Å². The van der Waals surface area contributed by atoms with Crippen molar-refractivity contribution in [2.75, 3.05) is 6.61 Å². The SMILES string of the molecule is CCCCCCCC1(CO)CCCCC1. The Morgan fingerprint density at radius 1 is 0.933 bits per heavy atom. The molecule has 1 heteroatoms.